The Bertz CT molecular complexity index is 1230. The Labute approximate surface area is 261 Å². The number of hydrogen-bond donors (Lipinski definition) is 1. The van der Waals surface area contributed by atoms with Crippen molar-refractivity contribution < 1.29 is 42.5 Å². The summed E-state index contributed by atoms with van der Waals surface area (Å²) in [6.45, 7) is -0.200. The summed E-state index contributed by atoms with van der Waals surface area (Å²) < 4.78 is 39.3. The highest BCUT2D eigenvalue weighted by atomic mass is 35.6. The number of para-hydroxylation sites is 1. The van der Waals surface area contributed by atoms with Crippen LogP contribution in [0.1, 0.15) is 24.0 Å². The molecule has 0 bridgehead atoms. The zero-order chi connectivity index (χ0) is 31.6. The van der Waals surface area contributed by atoms with Gasteiger partial charge in [0.05, 0.1) is 32.5 Å². The molecule has 2 atom stereocenters. The molecule has 42 heavy (non-hydrogen) atoms. The maximum absolute atomic E-state index is 14.1. The maximum Gasteiger partial charge on any atom is 0.378 e. The number of benzene rings is 2. The molecule has 0 fully saturated rings. The van der Waals surface area contributed by atoms with Crippen LogP contribution in [0.15, 0.2) is 48.5 Å². The van der Waals surface area contributed by atoms with Crippen molar-refractivity contribution >= 4 is 54.3 Å². The van der Waals surface area contributed by atoms with E-state index in [0.29, 0.717) is 18.6 Å². The fourth-order valence-electron chi connectivity index (χ4n) is 4.47. The first-order valence-corrected chi connectivity index (χ1v) is 15.6. The number of carboxylic acid groups (broad SMARTS) is 1. The summed E-state index contributed by atoms with van der Waals surface area (Å²) in [5.74, 6) is -2.15. The number of esters is 1. The predicted molar refractivity (Wildman–Crippen MR) is 162 cm³/mol. The molecule has 0 saturated carbocycles. The molecule has 1 N–H and O–H groups in total. The van der Waals surface area contributed by atoms with Crippen LogP contribution in [0.4, 0.5) is 0 Å². The van der Waals surface area contributed by atoms with E-state index in [4.69, 9.17) is 63.2 Å². The maximum atomic E-state index is 14.1. The third-order valence-electron chi connectivity index (χ3n) is 6.47. The van der Waals surface area contributed by atoms with E-state index < -0.39 is 47.4 Å². The molecule has 0 radical (unpaired) electrons. The van der Waals surface area contributed by atoms with E-state index in [0.717, 1.165) is 31.1 Å². The second-order valence-corrected chi connectivity index (χ2v) is 14.3. The van der Waals surface area contributed by atoms with Gasteiger partial charge in [0.1, 0.15) is 11.5 Å². The first-order valence-electron chi connectivity index (χ1n) is 12.9. The van der Waals surface area contributed by atoms with E-state index in [-0.39, 0.29) is 13.2 Å². The van der Waals surface area contributed by atoms with Crippen molar-refractivity contribution in [1.29, 1.82) is 0 Å². The molecule has 2 aromatic rings. The van der Waals surface area contributed by atoms with Gasteiger partial charge in [-0.05, 0) is 56.3 Å². The van der Waals surface area contributed by atoms with Gasteiger partial charge in [-0.2, -0.15) is 0 Å². The largest absolute Gasteiger partial charge is 0.497 e. The van der Waals surface area contributed by atoms with Gasteiger partial charge in [0, 0.05) is 20.8 Å². The average molecular weight is 669 g/mol. The average Bonchev–Trinajstić information content (AvgIpc) is 2.95. The molecule has 0 aromatic heterocycles. The number of carboxylic acids is 1. The van der Waals surface area contributed by atoms with Crippen molar-refractivity contribution in [2.24, 2.45) is 5.92 Å². The zero-order valence-electron chi connectivity index (χ0n) is 24.2. The molecule has 1 unspecified atom stereocenters. The van der Waals surface area contributed by atoms with Crippen LogP contribution in [0.2, 0.25) is 0 Å². The number of ether oxygens (including phenoxy) is 3. The Balaban J connectivity index is 2.50. The lowest BCUT2D eigenvalue weighted by atomic mass is 10.0. The van der Waals surface area contributed by atoms with Gasteiger partial charge in [0.25, 0.3) is 5.34 Å². The molecular formula is C28H37Cl3NO9P. The van der Waals surface area contributed by atoms with Crippen molar-refractivity contribution in [3.8, 4) is 11.5 Å². The predicted octanol–water partition coefficient (Wildman–Crippen LogP) is 6.00. The van der Waals surface area contributed by atoms with Crippen LogP contribution in [0.3, 0.4) is 0 Å². The molecule has 0 aliphatic rings. The molecule has 14 heteroatoms. The van der Waals surface area contributed by atoms with E-state index in [9.17, 15) is 14.2 Å². The van der Waals surface area contributed by atoms with Gasteiger partial charge < -0.3 is 33.3 Å². The van der Waals surface area contributed by atoms with Gasteiger partial charge in [0.2, 0.25) is 3.79 Å². The number of aryl methyl sites for hydroxylation is 2. The minimum Gasteiger partial charge on any atom is -0.497 e. The summed E-state index contributed by atoms with van der Waals surface area (Å²) in [5, 5.41) is 6.53. The summed E-state index contributed by atoms with van der Waals surface area (Å²) in [5.41, 5.74) is 1.95. The third-order valence-corrected chi connectivity index (χ3v) is 10.3. The number of hydrogen-bond acceptors (Lipinski definition) is 9. The standard InChI is InChI=1S/C28H37Cl3NO9P/c1-32(2)18-22(27(28(29,30)31,42(36,38-4)39-5)41-26(35)16-15-25(33)34)19-40-24-12-7-6-10-21(24)14-13-20-9-8-11-23(17-20)37-3/h6-12,17,22H,13-16,18-19H2,1-5H3,(H,33,34)/t22-,27?/m1/s1. The molecule has 0 saturated heterocycles. The molecule has 2 rings (SSSR count). The SMILES string of the molecule is COc1cccc(CCc2ccccc2OC[C@@H](CN(C)C)C(OC(=O)CCC(=O)O)(C(Cl)(Cl)Cl)P(=O)(OC)OC)c1. The number of aliphatic carboxylic acids is 1. The Kier molecular flexibility index (Phi) is 13.9. The lowest BCUT2D eigenvalue weighted by Crippen LogP contribution is -2.57. The van der Waals surface area contributed by atoms with Crippen molar-refractivity contribution in [1.82, 2.24) is 4.90 Å². The Morgan fingerprint density at radius 3 is 2.21 bits per heavy atom. The Morgan fingerprint density at radius 2 is 1.64 bits per heavy atom. The second-order valence-electron chi connectivity index (χ2n) is 9.65. The van der Waals surface area contributed by atoms with Crippen LogP contribution in [0, 0.1) is 5.92 Å². The van der Waals surface area contributed by atoms with Crippen LogP contribution in [0.5, 0.6) is 11.5 Å². The first-order chi connectivity index (χ1) is 19.7. The highest BCUT2D eigenvalue weighted by Crippen LogP contribution is 2.70. The number of carbonyl (C=O) groups excluding carboxylic acids is 1. The van der Waals surface area contributed by atoms with Gasteiger partial charge in [0.15, 0.2) is 0 Å². The lowest BCUT2D eigenvalue weighted by Gasteiger charge is -2.46. The summed E-state index contributed by atoms with van der Waals surface area (Å²) >= 11 is 19.4. The number of halogens is 3. The third kappa shape index (κ3) is 9.23. The monoisotopic (exact) mass is 667 g/mol. The van der Waals surface area contributed by atoms with E-state index in [1.54, 1.807) is 38.2 Å². The number of methoxy groups -OCH3 is 1. The fourth-order valence-corrected chi connectivity index (χ4v) is 7.79. The zero-order valence-corrected chi connectivity index (χ0v) is 27.3. The normalized spacial score (nSPS) is 14.2. The molecular weight excluding hydrogens is 632 g/mol. The second kappa shape index (κ2) is 16.1. The molecule has 0 aliphatic carbocycles. The number of nitrogens with zero attached hydrogens (tertiary/aromatic N) is 1. The van der Waals surface area contributed by atoms with Gasteiger partial charge in [-0.25, -0.2) is 0 Å². The van der Waals surface area contributed by atoms with Crippen LogP contribution in [-0.2, 0) is 40.8 Å². The Morgan fingerprint density at radius 1 is 0.976 bits per heavy atom. The molecule has 0 amide bonds. The van der Waals surface area contributed by atoms with Gasteiger partial charge in [-0.3, -0.25) is 14.2 Å². The van der Waals surface area contributed by atoms with Crippen LogP contribution >= 0.6 is 42.4 Å². The van der Waals surface area contributed by atoms with Crippen LogP contribution in [-0.4, -0.2) is 79.7 Å². The first kappa shape index (κ1) is 36.2. The van der Waals surface area contributed by atoms with Crippen molar-refractivity contribution in [3.05, 3.63) is 59.7 Å². The van der Waals surface area contributed by atoms with E-state index >= 15 is 0 Å². The molecule has 2 aromatic carbocycles. The lowest BCUT2D eigenvalue weighted by molar-refractivity contribution is -0.161. The number of rotatable bonds is 17. The van der Waals surface area contributed by atoms with E-state index in [1.807, 2.05) is 36.4 Å². The van der Waals surface area contributed by atoms with Crippen molar-refractivity contribution in [3.63, 3.8) is 0 Å². The van der Waals surface area contributed by atoms with Gasteiger partial charge >= 0.3 is 19.5 Å². The van der Waals surface area contributed by atoms with Crippen LogP contribution in [0.25, 0.3) is 0 Å². The summed E-state index contributed by atoms with van der Waals surface area (Å²) in [7, 11) is 2.63. The highest BCUT2D eigenvalue weighted by molar-refractivity contribution is 7.56. The molecule has 0 aliphatic heterocycles. The number of alkyl halides is 3. The fraction of sp³-hybridized carbons (Fsp3) is 0.500. The quantitative estimate of drug-likeness (QED) is 0.122. The number of carbonyl (C=O) groups is 2. The minimum absolute atomic E-state index is 0.0445. The topological polar surface area (TPSA) is 121 Å². The Hall–Kier alpha value is -2.04. The van der Waals surface area contributed by atoms with Crippen LogP contribution < -0.4 is 9.47 Å². The molecule has 0 spiro atoms. The van der Waals surface area contributed by atoms with Gasteiger partial charge in [-0.1, -0.05) is 65.1 Å². The van der Waals surface area contributed by atoms with Crippen molar-refractivity contribution in [2.45, 2.75) is 34.8 Å². The molecule has 234 valence electrons. The summed E-state index contributed by atoms with van der Waals surface area (Å²) in [4.78, 5) is 25.7. The van der Waals surface area contributed by atoms with E-state index in [1.165, 1.54) is 0 Å². The summed E-state index contributed by atoms with van der Waals surface area (Å²) in [6, 6.07) is 15.1. The smallest absolute Gasteiger partial charge is 0.378 e. The minimum atomic E-state index is -4.56. The van der Waals surface area contributed by atoms with E-state index in [2.05, 4.69) is 0 Å². The highest BCUT2D eigenvalue weighted by Gasteiger charge is 2.70. The summed E-state index contributed by atoms with van der Waals surface area (Å²) in [6.07, 6.45) is 0.180. The molecule has 10 nitrogen and oxygen atoms in total. The van der Waals surface area contributed by atoms with Crippen molar-refractivity contribution in [2.75, 3.05) is 48.6 Å². The van der Waals surface area contributed by atoms with Gasteiger partial charge in [-0.15, -0.1) is 0 Å². The molecule has 0 heterocycles.